The first kappa shape index (κ1) is 24.8. The first-order chi connectivity index (χ1) is 18.3. The number of piperazine rings is 1. The molecule has 6 rings (SSSR count). The first-order valence-corrected chi connectivity index (χ1v) is 13.6. The minimum absolute atomic E-state index is 0.0412. The number of carbonyl (C=O) groups is 1. The predicted octanol–water partition coefficient (Wildman–Crippen LogP) is 3.10. The number of anilines is 1. The van der Waals surface area contributed by atoms with Gasteiger partial charge >= 0.3 is 0 Å². The van der Waals surface area contributed by atoms with Crippen LogP contribution in [-0.4, -0.2) is 53.2 Å². The Bertz CT molecular complexity index is 1450. The molecule has 0 aromatic heterocycles. The van der Waals surface area contributed by atoms with Gasteiger partial charge in [0.05, 0.1) is 11.4 Å². The smallest absolute Gasteiger partial charge is 0.179 e. The third kappa shape index (κ3) is 3.76. The second kappa shape index (κ2) is 9.33. The van der Waals surface area contributed by atoms with Gasteiger partial charge in [-0.3, -0.25) is 9.69 Å². The van der Waals surface area contributed by atoms with E-state index in [0.29, 0.717) is 30.1 Å². The predicted molar refractivity (Wildman–Crippen MR) is 148 cm³/mol. The Morgan fingerprint density at radius 2 is 1.74 bits per heavy atom. The molecule has 3 aromatic carbocycles. The lowest BCUT2D eigenvalue weighted by Crippen LogP contribution is -2.61. The number of rotatable bonds is 4. The van der Waals surface area contributed by atoms with Gasteiger partial charge in [-0.2, -0.15) is 5.26 Å². The van der Waals surface area contributed by atoms with Crippen LogP contribution >= 0.6 is 11.8 Å². The molecule has 4 atom stereocenters. The molecule has 9 heteroatoms. The molecule has 3 aliphatic rings. The lowest BCUT2D eigenvalue weighted by molar-refractivity contribution is -0.126. The zero-order chi connectivity index (χ0) is 26.6. The van der Waals surface area contributed by atoms with Gasteiger partial charge in [0.25, 0.3) is 0 Å². The molecule has 1 saturated heterocycles. The maximum Gasteiger partial charge on any atom is 0.179 e. The Kier molecular flexibility index (Phi) is 6.08. The van der Waals surface area contributed by atoms with Gasteiger partial charge < -0.3 is 26.8 Å². The van der Waals surface area contributed by atoms with Crippen LogP contribution in [-0.2, 0) is 10.3 Å². The molecular formula is C29H30N6O2S. The molecule has 0 amide bonds. The highest BCUT2D eigenvalue weighted by Crippen LogP contribution is 2.57. The van der Waals surface area contributed by atoms with Crippen molar-refractivity contribution in [2.24, 2.45) is 11.5 Å². The number of hydrogen-bond donors (Lipinski definition) is 3. The van der Waals surface area contributed by atoms with E-state index in [4.69, 9.17) is 21.9 Å². The van der Waals surface area contributed by atoms with Crippen molar-refractivity contribution in [3.8, 4) is 17.7 Å². The number of aryl methyl sites for hydroxylation is 1. The Morgan fingerprint density at radius 1 is 1.03 bits per heavy atom. The van der Waals surface area contributed by atoms with Gasteiger partial charge in [-0.1, -0.05) is 30.3 Å². The number of Topliss-reactive ketones (excluding diaryl/α,β-unsaturated/α-hetero) is 1. The molecule has 194 valence electrons. The van der Waals surface area contributed by atoms with Crippen LogP contribution in [0.1, 0.15) is 28.2 Å². The standard InChI is InChI=1S/C29H30N6O2S/c1-17-15-19(37-18-5-3-2-4-6-18)7-8-20(17)29(33)21-9-10-22(31)26-23(21)24(25(32)27(29)36)28(38-26)35-13-11-34(16-30)12-14-35/h2-10,15,24-25,28H,11-14,31-33H2,1H3. The molecule has 0 spiro atoms. The second-order valence-electron chi connectivity index (χ2n) is 10.2. The van der Waals surface area contributed by atoms with Gasteiger partial charge in [-0.25, -0.2) is 0 Å². The maximum atomic E-state index is 14.2. The quantitative estimate of drug-likeness (QED) is 0.346. The number of nitriles is 1. The molecule has 8 nitrogen and oxygen atoms in total. The largest absolute Gasteiger partial charge is 0.457 e. The van der Waals surface area contributed by atoms with Crippen molar-refractivity contribution >= 4 is 23.2 Å². The van der Waals surface area contributed by atoms with Crippen LogP contribution in [0.15, 0.2) is 65.6 Å². The average Bonchev–Trinajstić information content (AvgIpc) is 3.34. The Hall–Kier alpha value is -3.55. The molecule has 3 aromatic rings. The van der Waals surface area contributed by atoms with Crippen LogP contribution < -0.4 is 21.9 Å². The number of hydrogen-bond acceptors (Lipinski definition) is 9. The SMILES string of the molecule is Cc1cc(Oc2ccccc2)ccc1C1(N)C(=O)C(N)C2c3c1ccc(N)c3SC2N1CCN(C#N)CC1. The highest BCUT2D eigenvalue weighted by molar-refractivity contribution is 8.00. The van der Waals surface area contributed by atoms with Crippen LogP contribution in [0.25, 0.3) is 0 Å². The molecule has 0 saturated carbocycles. The summed E-state index contributed by atoms with van der Waals surface area (Å²) in [6.45, 7) is 4.69. The van der Waals surface area contributed by atoms with Crippen molar-refractivity contribution < 1.29 is 9.53 Å². The fourth-order valence-corrected chi connectivity index (χ4v) is 7.73. The van der Waals surface area contributed by atoms with Gasteiger partial charge in [-0.05, 0) is 59.5 Å². The molecule has 38 heavy (non-hydrogen) atoms. The zero-order valence-corrected chi connectivity index (χ0v) is 21.9. The molecule has 6 N–H and O–H groups in total. The highest BCUT2D eigenvalue weighted by atomic mass is 32.2. The van der Waals surface area contributed by atoms with Gasteiger partial charge in [-0.15, -0.1) is 11.8 Å². The van der Waals surface area contributed by atoms with Crippen molar-refractivity contribution in [1.82, 2.24) is 9.80 Å². The molecule has 2 aliphatic heterocycles. The number of thioether (sulfide) groups is 1. The van der Waals surface area contributed by atoms with E-state index in [9.17, 15) is 10.1 Å². The Balaban J connectivity index is 1.40. The minimum Gasteiger partial charge on any atom is -0.457 e. The lowest BCUT2D eigenvalue weighted by atomic mass is 9.65. The molecular weight excluding hydrogens is 496 g/mol. The summed E-state index contributed by atoms with van der Waals surface area (Å²) in [6, 6.07) is 18.1. The van der Waals surface area contributed by atoms with Crippen molar-refractivity contribution in [2.45, 2.75) is 34.7 Å². The van der Waals surface area contributed by atoms with E-state index < -0.39 is 11.6 Å². The third-order valence-corrected chi connectivity index (χ3v) is 9.55. The summed E-state index contributed by atoms with van der Waals surface area (Å²) in [6.07, 6.45) is 2.23. The third-order valence-electron chi connectivity index (χ3n) is 8.03. The van der Waals surface area contributed by atoms with Crippen molar-refractivity contribution in [2.75, 3.05) is 31.9 Å². The van der Waals surface area contributed by atoms with Gasteiger partial charge in [0.15, 0.2) is 12.0 Å². The van der Waals surface area contributed by atoms with E-state index in [0.717, 1.165) is 40.4 Å². The summed E-state index contributed by atoms with van der Waals surface area (Å²) in [5.41, 5.74) is 23.0. The molecule has 1 aliphatic carbocycles. The van der Waals surface area contributed by atoms with E-state index in [1.807, 2.05) is 67.6 Å². The Labute approximate surface area is 226 Å². The van der Waals surface area contributed by atoms with Gasteiger partial charge in [0.1, 0.15) is 17.0 Å². The summed E-state index contributed by atoms with van der Waals surface area (Å²) in [5.74, 6) is 0.970. The van der Waals surface area contributed by atoms with Gasteiger partial charge in [0.2, 0.25) is 0 Å². The number of nitrogens with two attached hydrogens (primary N) is 3. The summed E-state index contributed by atoms with van der Waals surface area (Å²) in [4.78, 5) is 19.2. The molecule has 1 fully saturated rings. The van der Waals surface area contributed by atoms with Crippen LogP contribution in [0.5, 0.6) is 11.5 Å². The van der Waals surface area contributed by atoms with E-state index in [-0.39, 0.29) is 17.1 Å². The molecule has 2 heterocycles. The fraction of sp³-hybridized carbons (Fsp3) is 0.310. The van der Waals surface area contributed by atoms with E-state index in [2.05, 4.69) is 11.1 Å². The lowest BCUT2D eigenvalue weighted by Gasteiger charge is -2.44. The summed E-state index contributed by atoms with van der Waals surface area (Å²) in [7, 11) is 0. The average molecular weight is 527 g/mol. The maximum absolute atomic E-state index is 14.2. The fourth-order valence-electron chi connectivity index (χ4n) is 6.10. The van der Waals surface area contributed by atoms with E-state index in [1.165, 1.54) is 0 Å². The van der Waals surface area contributed by atoms with Crippen molar-refractivity contribution in [3.05, 3.63) is 82.9 Å². The van der Waals surface area contributed by atoms with Crippen molar-refractivity contribution in [1.29, 1.82) is 5.26 Å². The zero-order valence-electron chi connectivity index (χ0n) is 21.1. The van der Waals surface area contributed by atoms with Gasteiger partial charge in [0, 0.05) is 42.7 Å². The number of ketones is 1. The number of benzene rings is 3. The topological polar surface area (TPSA) is 135 Å². The monoisotopic (exact) mass is 526 g/mol. The molecule has 4 unspecified atom stereocenters. The normalized spacial score (nSPS) is 26.6. The first-order valence-electron chi connectivity index (χ1n) is 12.7. The summed E-state index contributed by atoms with van der Waals surface area (Å²) in [5, 5.41) is 9.23. The molecule has 0 radical (unpaired) electrons. The van der Waals surface area contributed by atoms with Crippen LogP contribution in [0.3, 0.4) is 0 Å². The number of carbonyl (C=O) groups excluding carboxylic acids is 1. The second-order valence-corrected chi connectivity index (χ2v) is 11.3. The number of nitrogens with zero attached hydrogens (tertiary/aromatic N) is 3. The van der Waals surface area contributed by atoms with Crippen LogP contribution in [0.2, 0.25) is 0 Å². The van der Waals surface area contributed by atoms with Crippen LogP contribution in [0.4, 0.5) is 5.69 Å². The van der Waals surface area contributed by atoms with Crippen LogP contribution in [0, 0.1) is 18.4 Å². The Morgan fingerprint density at radius 3 is 2.42 bits per heavy atom. The number of nitrogen functional groups attached to an aromatic ring is 1. The van der Waals surface area contributed by atoms with Crippen molar-refractivity contribution in [3.63, 3.8) is 0 Å². The number of para-hydroxylation sites is 1. The van der Waals surface area contributed by atoms with E-state index in [1.54, 1.807) is 16.7 Å². The molecule has 0 bridgehead atoms. The minimum atomic E-state index is -1.40. The van der Waals surface area contributed by atoms with E-state index >= 15 is 0 Å². The summed E-state index contributed by atoms with van der Waals surface area (Å²) < 4.78 is 6.01. The highest BCUT2D eigenvalue weighted by Gasteiger charge is 2.56. The summed E-state index contributed by atoms with van der Waals surface area (Å²) >= 11 is 1.67. The number of ether oxygens (including phenoxy) is 1.